The summed E-state index contributed by atoms with van der Waals surface area (Å²) >= 11 is 0. The van der Waals surface area contributed by atoms with E-state index in [4.69, 9.17) is 9.47 Å². The molecule has 0 saturated heterocycles. The monoisotopic (exact) mass is 232 g/mol. The zero-order chi connectivity index (χ0) is 11.8. The van der Waals surface area contributed by atoms with Gasteiger partial charge in [-0.2, -0.15) is 0 Å². The number of rotatable bonds is 1. The molecular formula is C11H8N2O4. The summed E-state index contributed by atoms with van der Waals surface area (Å²) in [5.41, 5.74) is -0.734. The first-order valence-electron chi connectivity index (χ1n) is 4.96. The van der Waals surface area contributed by atoms with Crippen LogP contribution in [0.5, 0.6) is 11.5 Å². The van der Waals surface area contributed by atoms with Crippen LogP contribution in [0, 0.1) is 0 Å². The Hall–Kier alpha value is -2.50. The molecular weight excluding hydrogens is 224 g/mol. The van der Waals surface area contributed by atoms with Gasteiger partial charge in [-0.1, -0.05) is 0 Å². The van der Waals surface area contributed by atoms with Gasteiger partial charge in [0.05, 0.1) is 5.69 Å². The second-order valence-electron chi connectivity index (χ2n) is 3.50. The number of aromatic nitrogens is 2. The summed E-state index contributed by atoms with van der Waals surface area (Å²) in [6, 6.07) is 5.04. The summed E-state index contributed by atoms with van der Waals surface area (Å²) in [5.74, 6) is 1.20. The highest BCUT2D eigenvalue weighted by Crippen LogP contribution is 2.33. The third-order valence-corrected chi connectivity index (χ3v) is 2.49. The fourth-order valence-electron chi connectivity index (χ4n) is 1.66. The van der Waals surface area contributed by atoms with Crippen molar-refractivity contribution in [1.29, 1.82) is 0 Å². The van der Waals surface area contributed by atoms with Crippen LogP contribution in [0.15, 0.2) is 40.2 Å². The summed E-state index contributed by atoms with van der Waals surface area (Å²) in [4.78, 5) is 25.1. The highest BCUT2D eigenvalue weighted by molar-refractivity contribution is 5.49. The Bertz CT molecular complexity index is 686. The van der Waals surface area contributed by atoms with Gasteiger partial charge in [-0.25, -0.2) is 0 Å². The van der Waals surface area contributed by atoms with Crippen molar-refractivity contribution in [2.75, 3.05) is 6.79 Å². The number of H-pyrrole nitrogens is 1. The second-order valence-corrected chi connectivity index (χ2v) is 3.50. The molecule has 0 aliphatic carbocycles. The molecule has 1 aliphatic heterocycles. The van der Waals surface area contributed by atoms with Crippen LogP contribution in [0.3, 0.4) is 0 Å². The number of fused-ring (bicyclic) bond motifs is 1. The molecule has 0 unspecified atom stereocenters. The second kappa shape index (κ2) is 3.51. The average Bonchev–Trinajstić information content (AvgIpc) is 2.79. The minimum atomic E-state index is -0.662. The van der Waals surface area contributed by atoms with E-state index in [2.05, 4.69) is 4.98 Å². The smallest absolute Gasteiger partial charge is 0.320 e. The van der Waals surface area contributed by atoms with Gasteiger partial charge in [-0.05, 0) is 12.1 Å². The third kappa shape index (κ3) is 1.50. The van der Waals surface area contributed by atoms with Crippen LogP contribution in [-0.4, -0.2) is 16.3 Å². The largest absolute Gasteiger partial charge is 0.454 e. The van der Waals surface area contributed by atoms with Crippen molar-refractivity contribution >= 4 is 0 Å². The van der Waals surface area contributed by atoms with Crippen molar-refractivity contribution in [2.24, 2.45) is 0 Å². The summed E-state index contributed by atoms with van der Waals surface area (Å²) < 4.78 is 11.6. The molecule has 2 heterocycles. The predicted molar refractivity (Wildman–Crippen MR) is 58.8 cm³/mol. The van der Waals surface area contributed by atoms with E-state index in [1.165, 1.54) is 17.0 Å². The number of nitrogens with zero attached hydrogens (tertiary/aromatic N) is 1. The standard InChI is InChI=1S/C11H8N2O4/c14-10-11(15)13(4-3-12-10)7-1-2-8-9(5-7)17-6-16-8/h1-5H,6H2,(H,12,14). The van der Waals surface area contributed by atoms with E-state index >= 15 is 0 Å². The van der Waals surface area contributed by atoms with E-state index in [1.807, 2.05) is 0 Å². The lowest BCUT2D eigenvalue weighted by atomic mass is 10.2. The fraction of sp³-hybridized carbons (Fsp3) is 0.0909. The van der Waals surface area contributed by atoms with Crippen LogP contribution in [0.1, 0.15) is 0 Å². The number of benzene rings is 1. The molecule has 0 atom stereocenters. The molecule has 17 heavy (non-hydrogen) atoms. The van der Waals surface area contributed by atoms with Gasteiger partial charge < -0.3 is 14.5 Å². The van der Waals surface area contributed by atoms with Gasteiger partial charge in [0.25, 0.3) is 0 Å². The van der Waals surface area contributed by atoms with Gasteiger partial charge in [-0.3, -0.25) is 14.2 Å². The van der Waals surface area contributed by atoms with E-state index in [0.29, 0.717) is 17.2 Å². The summed E-state index contributed by atoms with van der Waals surface area (Å²) in [6.45, 7) is 0.170. The SMILES string of the molecule is O=c1[nH]ccn(-c2ccc3c(c2)OCO3)c1=O. The molecule has 6 nitrogen and oxygen atoms in total. The number of hydrogen-bond acceptors (Lipinski definition) is 4. The Labute approximate surface area is 95.0 Å². The predicted octanol–water partition coefficient (Wildman–Crippen LogP) is 0.254. The Morgan fingerprint density at radius 1 is 1.18 bits per heavy atom. The zero-order valence-electron chi connectivity index (χ0n) is 8.67. The van der Waals surface area contributed by atoms with Crippen LogP contribution in [0.4, 0.5) is 0 Å². The van der Waals surface area contributed by atoms with Gasteiger partial charge in [0.1, 0.15) is 0 Å². The first kappa shape index (κ1) is 9.71. The molecule has 0 radical (unpaired) electrons. The van der Waals surface area contributed by atoms with Crippen molar-refractivity contribution in [3.05, 3.63) is 51.3 Å². The van der Waals surface area contributed by atoms with Crippen molar-refractivity contribution < 1.29 is 9.47 Å². The van der Waals surface area contributed by atoms with Gasteiger partial charge >= 0.3 is 11.1 Å². The van der Waals surface area contributed by atoms with E-state index in [0.717, 1.165) is 0 Å². The van der Waals surface area contributed by atoms with Gasteiger partial charge in [0, 0.05) is 18.5 Å². The van der Waals surface area contributed by atoms with Gasteiger partial charge in [0.15, 0.2) is 11.5 Å². The minimum Gasteiger partial charge on any atom is -0.454 e. The topological polar surface area (TPSA) is 73.3 Å². The maximum Gasteiger partial charge on any atom is 0.320 e. The first-order chi connectivity index (χ1) is 8.25. The molecule has 0 amide bonds. The van der Waals surface area contributed by atoms with Crippen LogP contribution >= 0.6 is 0 Å². The molecule has 1 aromatic carbocycles. The van der Waals surface area contributed by atoms with E-state index in [9.17, 15) is 9.59 Å². The molecule has 1 aromatic heterocycles. The normalized spacial score (nSPS) is 12.7. The molecule has 0 bridgehead atoms. The molecule has 1 N–H and O–H groups in total. The van der Waals surface area contributed by atoms with Gasteiger partial charge in [-0.15, -0.1) is 0 Å². The highest BCUT2D eigenvalue weighted by atomic mass is 16.7. The first-order valence-corrected chi connectivity index (χ1v) is 4.96. The molecule has 86 valence electrons. The molecule has 2 aromatic rings. The minimum absolute atomic E-state index is 0.170. The molecule has 1 aliphatic rings. The lowest BCUT2D eigenvalue weighted by Gasteiger charge is -2.05. The number of nitrogens with one attached hydrogen (secondary N) is 1. The van der Waals surface area contributed by atoms with Crippen molar-refractivity contribution in [3.63, 3.8) is 0 Å². The lowest BCUT2D eigenvalue weighted by Crippen LogP contribution is -2.34. The van der Waals surface area contributed by atoms with Crippen LogP contribution in [0.2, 0.25) is 0 Å². The van der Waals surface area contributed by atoms with E-state index < -0.39 is 11.1 Å². The summed E-state index contributed by atoms with van der Waals surface area (Å²) in [7, 11) is 0. The summed E-state index contributed by atoms with van der Waals surface area (Å²) in [5, 5.41) is 0. The van der Waals surface area contributed by atoms with E-state index in [-0.39, 0.29) is 6.79 Å². The molecule has 0 saturated carbocycles. The fourth-order valence-corrected chi connectivity index (χ4v) is 1.66. The van der Waals surface area contributed by atoms with Gasteiger partial charge in [0.2, 0.25) is 6.79 Å². The van der Waals surface area contributed by atoms with Crippen LogP contribution in [0.25, 0.3) is 5.69 Å². The Morgan fingerprint density at radius 3 is 2.88 bits per heavy atom. The van der Waals surface area contributed by atoms with Crippen molar-refractivity contribution in [2.45, 2.75) is 0 Å². The molecule has 0 fully saturated rings. The van der Waals surface area contributed by atoms with Crippen molar-refractivity contribution in [3.8, 4) is 17.2 Å². The van der Waals surface area contributed by atoms with Crippen molar-refractivity contribution in [1.82, 2.24) is 9.55 Å². The summed E-state index contributed by atoms with van der Waals surface area (Å²) in [6.07, 6.45) is 2.90. The average molecular weight is 232 g/mol. The Morgan fingerprint density at radius 2 is 2.00 bits per heavy atom. The van der Waals surface area contributed by atoms with E-state index in [1.54, 1.807) is 18.2 Å². The maximum atomic E-state index is 11.6. The van der Waals surface area contributed by atoms with Crippen LogP contribution < -0.4 is 20.6 Å². The quantitative estimate of drug-likeness (QED) is 0.715. The molecule has 0 spiro atoms. The lowest BCUT2D eigenvalue weighted by molar-refractivity contribution is 0.174. The zero-order valence-corrected chi connectivity index (χ0v) is 8.67. The Balaban J connectivity index is 2.19. The Kier molecular flexibility index (Phi) is 2.01. The number of hydrogen-bond donors (Lipinski definition) is 1. The van der Waals surface area contributed by atoms with Crippen LogP contribution in [-0.2, 0) is 0 Å². The molecule has 6 heteroatoms. The maximum absolute atomic E-state index is 11.6. The molecule has 3 rings (SSSR count). The number of aromatic amines is 1. The number of ether oxygens (including phenoxy) is 2. The highest BCUT2D eigenvalue weighted by Gasteiger charge is 2.14. The third-order valence-electron chi connectivity index (χ3n) is 2.49.